The van der Waals surface area contributed by atoms with E-state index in [0.29, 0.717) is 13.1 Å². The fraction of sp³-hybridized carbons (Fsp3) is 0.389. The van der Waals surface area contributed by atoms with Gasteiger partial charge in [-0.2, -0.15) is 0 Å². The molecule has 8 heteroatoms. The van der Waals surface area contributed by atoms with Crippen molar-refractivity contribution in [3.8, 4) is 16.3 Å². The number of methoxy groups -OCH3 is 1. The molecule has 2 aliphatic heterocycles. The molecule has 0 saturated carbocycles. The molecule has 4 rings (SSSR count). The van der Waals surface area contributed by atoms with Crippen LogP contribution in [0.5, 0.6) is 5.75 Å². The predicted octanol–water partition coefficient (Wildman–Crippen LogP) is 0.961. The number of hydrogen-bond acceptors (Lipinski definition) is 6. The van der Waals surface area contributed by atoms with Gasteiger partial charge in [-0.15, -0.1) is 11.3 Å². The number of nitrogens with zero attached hydrogens (tertiary/aromatic N) is 3. The maximum absolute atomic E-state index is 12.1. The molecule has 1 aromatic heterocycles. The molecule has 2 fully saturated rings. The van der Waals surface area contributed by atoms with Crippen molar-refractivity contribution >= 4 is 23.2 Å². The van der Waals surface area contributed by atoms with E-state index in [1.54, 1.807) is 23.3 Å². The minimum atomic E-state index is -0.383. The van der Waals surface area contributed by atoms with Gasteiger partial charge in [0.1, 0.15) is 16.8 Å². The van der Waals surface area contributed by atoms with Crippen LogP contribution < -0.4 is 10.1 Å². The number of hydrogen-bond donors (Lipinski definition) is 1. The quantitative estimate of drug-likeness (QED) is 0.865. The van der Waals surface area contributed by atoms with Crippen LogP contribution >= 0.6 is 11.3 Å². The number of carbonyl (C=O) groups is 2. The molecule has 2 amide bonds. The number of fused-ring (bicyclic) bond motifs is 1. The lowest BCUT2D eigenvalue weighted by molar-refractivity contribution is -0.149. The van der Waals surface area contributed by atoms with E-state index in [1.165, 1.54) is 0 Å². The lowest BCUT2D eigenvalue weighted by atomic mass is 10.1. The zero-order valence-corrected chi connectivity index (χ0v) is 15.3. The summed E-state index contributed by atoms with van der Waals surface area (Å²) in [5.74, 6) is 0.748. The molecule has 0 unspecified atom stereocenters. The van der Waals surface area contributed by atoms with E-state index in [0.717, 1.165) is 34.3 Å². The Hall–Kier alpha value is -2.45. The van der Waals surface area contributed by atoms with E-state index >= 15 is 0 Å². The van der Waals surface area contributed by atoms with Gasteiger partial charge in [0.15, 0.2) is 0 Å². The van der Waals surface area contributed by atoms with Crippen molar-refractivity contribution in [2.24, 2.45) is 0 Å². The Balaban J connectivity index is 1.46. The van der Waals surface area contributed by atoms with Crippen LogP contribution in [0.1, 0.15) is 4.88 Å². The molecule has 0 bridgehead atoms. The summed E-state index contributed by atoms with van der Waals surface area (Å²) >= 11 is 1.63. The largest absolute Gasteiger partial charge is 0.496 e. The molecule has 7 nitrogen and oxygen atoms in total. The normalized spacial score (nSPS) is 20.7. The smallest absolute Gasteiger partial charge is 0.244 e. The Morgan fingerprint density at radius 1 is 1.31 bits per heavy atom. The first-order valence-electron chi connectivity index (χ1n) is 8.53. The number of carbonyl (C=O) groups excluding carboxylic acids is 2. The van der Waals surface area contributed by atoms with E-state index in [-0.39, 0.29) is 24.4 Å². The second kappa shape index (κ2) is 7.05. The molecule has 2 aliphatic rings. The Morgan fingerprint density at radius 3 is 3.00 bits per heavy atom. The lowest BCUT2D eigenvalue weighted by Gasteiger charge is -2.42. The minimum absolute atomic E-state index is 0.00509. The molecule has 1 N–H and O–H groups in total. The van der Waals surface area contributed by atoms with Crippen LogP contribution in [0.3, 0.4) is 0 Å². The Morgan fingerprint density at radius 2 is 2.15 bits per heavy atom. The summed E-state index contributed by atoms with van der Waals surface area (Å²) in [6.45, 7) is 2.75. The van der Waals surface area contributed by atoms with Crippen molar-refractivity contribution in [2.75, 3.05) is 33.3 Å². The summed E-state index contributed by atoms with van der Waals surface area (Å²) in [5.41, 5.74) is 0.980. The summed E-state index contributed by atoms with van der Waals surface area (Å²) < 4.78 is 5.41. The van der Waals surface area contributed by atoms with Crippen molar-refractivity contribution < 1.29 is 14.3 Å². The first-order valence-corrected chi connectivity index (χ1v) is 9.35. The van der Waals surface area contributed by atoms with Gasteiger partial charge in [-0.05, 0) is 12.1 Å². The molecule has 3 heterocycles. The highest BCUT2D eigenvalue weighted by molar-refractivity contribution is 7.15. The van der Waals surface area contributed by atoms with E-state index < -0.39 is 0 Å². The molecule has 1 atom stereocenters. The topological polar surface area (TPSA) is 74.8 Å². The fourth-order valence-electron chi connectivity index (χ4n) is 3.43. The molecule has 2 aromatic rings. The van der Waals surface area contributed by atoms with Crippen molar-refractivity contribution in [3.63, 3.8) is 0 Å². The number of aromatic nitrogens is 1. The summed E-state index contributed by atoms with van der Waals surface area (Å²) in [6.07, 6.45) is 1.88. The van der Waals surface area contributed by atoms with Gasteiger partial charge < -0.3 is 15.0 Å². The second-order valence-electron chi connectivity index (χ2n) is 6.39. The van der Waals surface area contributed by atoms with Crippen LogP contribution in [0.4, 0.5) is 0 Å². The maximum atomic E-state index is 12.1. The Labute approximate surface area is 155 Å². The highest BCUT2D eigenvalue weighted by Gasteiger charge is 2.38. The fourth-order valence-corrected chi connectivity index (χ4v) is 4.42. The number of benzene rings is 1. The van der Waals surface area contributed by atoms with Gasteiger partial charge in [0.25, 0.3) is 0 Å². The number of ether oxygens (including phenoxy) is 1. The summed E-state index contributed by atoms with van der Waals surface area (Å²) in [6, 6.07) is 7.45. The number of rotatable bonds is 4. The molecule has 0 spiro atoms. The number of thiazole rings is 1. The van der Waals surface area contributed by atoms with Crippen LogP contribution in [0.15, 0.2) is 30.5 Å². The van der Waals surface area contributed by atoms with Crippen LogP contribution in [0, 0.1) is 0 Å². The van der Waals surface area contributed by atoms with E-state index in [2.05, 4.69) is 15.2 Å². The van der Waals surface area contributed by atoms with Crippen molar-refractivity contribution in [3.05, 3.63) is 35.3 Å². The Kier molecular flexibility index (Phi) is 4.60. The maximum Gasteiger partial charge on any atom is 0.244 e. The molecule has 136 valence electrons. The summed E-state index contributed by atoms with van der Waals surface area (Å²) in [7, 11) is 1.66. The molecule has 26 heavy (non-hydrogen) atoms. The third-order valence-corrected chi connectivity index (χ3v) is 5.79. The van der Waals surface area contributed by atoms with E-state index in [4.69, 9.17) is 4.74 Å². The van der Waals surface area contributed by atoms with Gasteiger partial charge in [-0.1, -0.05) is 12.1 Å². The van der Waals surface area contributed by atoms with Crippen LogP contribution in [-0.4, -0.2) is 65.9 Å². The summed E-state index contributed by atoms with van der Waals surface area (Å²) in [5, 5.41) is 3.59. The zero-order valence-electron chi connectivity index (χ0n) is 14.5. The molecule has 2 saturated heterocycles. The van der Waals surface area contributed by atoms with E-state index in [9.17, 15) is 9.59 Å². The third-order valence-electron chi connectivity index (χ3n) is 4.77. The minimum Gasteiger partial charge on any atom is -0.496 e. The average molecular weight is 372 g/mol. The van der Waals surface area contributed by atoms with Gasteiger partial charge in [0.05, 0.1) is 19.2 Å². The van der Waals surface area contributed by atoms with Crippen LogP contribution in [-0.2, 0) is 16.1 Å². The highest BCUT2D eigenvalue weighted by Crippen LogP contribution is 2.33. The number of piperazine rings is 2. The van der Waals surface area contributed by atoms with Gasteiger partial charge in [-0.25, -0.2) is 4.98 Å². The first-order chi connectivity index (χ1) is 12.7. The predicted molar refractivity (Wildman–Crippen MR) is 97.9 cm³/mol. The van der Waals surface area contributed by atoms with Gasteiger partial charge in [-0.3, -0.25) is 14.5 Å². The lowest BCUT2D eigenvalue weighted by Crippen LogP contribution is -2.65. The van der Waals surface area contributed by atoms with E-state index in [1.807, 2.05) is 30.5 Å². The number of nitrogens with one attached hydrogen (secondary N) is 1. The molecule has 0 radical (unpaired) electrons. The molecule has 0 aliphatic carbocycles. The van der Waals surface area contributed by atoms with Gasteiger partial charge >= 0.3 is 0 Å². The number of amides is 2. The number of para-hydroxylation sites is 1. The van der Waals surface area contributed by atoms with Gasteiger partial charge in [0.2, 0.25) is 11.8 Å². The van der Waals surface area contributed by atoms with Crippen molar-refractivity contribution in [1.29, 1.82) is 0 Å². The molecule has 1 aromatic carbocycles. The monoisotopic (exact) mass is 372 g/mol. The Bertz CT molecular complexity index is 837. The average Bonchev–Trinajstić information content (AvgIpc) is 3.13. The zero-order chi connectivity index (χ0) is 18.1. The molecular weight excluding hydrogens is 352 g/mol. The van der Waals surface area contributed by atoms with Crippen LogP contribution in [0.2, 0.25) is 0 Å². The highest BCUT2D eigenvalue weighted by atomic mass is 32.1. The van der Waals surface area contributed by atoms with Crippen molar-refractivity contribution in [1.82, 2.24) is 20.1 Å². The first kappa shape index (κ1) is 17.0. The third kappa shape index (κ3) is 3.17. The molecular formula is C18H20N4O3S. The second-order valence-corrected chi connectivity index (χ2v) is 7.50. The summed E-state index contributed by atoms with van der Waals surface area (Å²) in [4.78, 5) is 33.6. The van der Waals surface area contributed by atoms with Crippen LogP contribution in [0.25, 0.3) is 10.6 Å². The standard InChI is InChI=1S/C18H20N4O3S/c1-25-15-5-3-2-4-13(15)18-20-8-12(26-18)10-21-6-7-22-14(11-21)17(24)19-9-16(22)23/h2-5,8,14H,6-7,9-11H2,1H3,(H,19,24)/t14-/m0/s1. The SMILES string of the molecule is COc1ccccc1-c1ncc(CN2CCN3C(=O)CNC(=O)[C@@H]3C2)s1. The van der Waals surface area contributed by atoms with Gasteiger partial charge in [0, 0.05) is 37.3 Å². The van der Waals surface area contributed by atoms with Crippen molar-refractivity contribution in [2.45, 2.75) is 12.6 Å².